The van der Waals surface area contributed by atoms with Crippen LogP contribution >= 0.6 is 11.3 Å². The molecule has 0 saturated heterocycles. The number of halogens is 1. The summed E-state index contributed by atoms with van der Waals surface area (Å²) < 4.78 is 31.5. The van der Waals surface area contributed by atoms with Crippen LogP contribution in [0.5, 0.6) is 23.1 Å². The van der Waals surface area contributed by atoms with E-state index in [2.05, 4.69) is 27.0 Å². The summed E-state index contributed by atoms with van der Waals surface area (Å²) in [6, 6.07) is 9.06. The van der Waals surface area contributed by atoms with Gasteiger partial charge in [-0.25, -0.2) is 9.37 Å². The normalized spacial score (nSPS) is 12.3. The predicted molar refractivity (Wildman–Crippen MR) is 154 cm³/mol. The van der Waals surface area contributed by atoms with E-state index >= 15 is 4.39 Å². The third kappa shape index (κ3) is 5.64. The number of methoxy groups -OCH3 is 2. The predicted octanol–water partition coefficient (Wildman–Crippen LogP) is 6.85. The fraction of sp³-hybridized carbons (Fsp3) is 0.172. The van der Waals surface area contributed by atoms with E-state index in [4.69, 9.17) is 14.2 Å². The Balaban J connectivity index is 1.61. The molecule has 0 aliphatic carbocycles. The first-order valence-corrected chi connectivity index (χ1v) is 12.8. The molecule has 206 valence electrons. The summed E-state index contributed by atoms with van der Waals surface area (Å²) in [6.45, 7) is 8.67. The van der Waals surface area contributed by atoms with Crippen molar-refractivity contribution in [3.8, 4) is 23.1 Å². The second kappa shape index (κ2) is 12.0. The number of ether oxygens (including phenoxy) is 3. The Hall–Kier alpha value is -4.77. The van der Waals surface area contributed by atoms with Crippen molar-refractivity contribution < 1.29 is 28.5 Å². The van der Waals surface area contributed by atoms with Crippen molar-refractivity contribution in [2.75, 3.05) is 19.5 Å². The molecule has 4 rings (SSSR count). The molecule has 11 heteroatoms. The highest BCUT2D eigenvalue weighted by molar-refractivity contribution is 7.11. The minimum Gasteiger partial charge on any atom is -0.507 e. The van der Waals surface area contributed by atoms with Gasteiger partial charge in [-0.2, -0.15) is 0 Å². The molecule has 9 nitrogen and oxygen atoms in total. The van der Waals surface area contributed by atoms with E-state index in [0.29, 0.717) is 22.4 Å². The van der Waals surface area contributed by atoms with Crippen LogP contribution in [0.4, 0.5) is 10.1 Å². The topological polar surface area (TPSA) is 115 Å². The van der Waals surface area contributed by atoms with Crippen molar-refractivity contribution in [3.63, 3.8) is 0 Å². The van der Waals surface area contributed by atoms with Crippen molar-refractivity contribution in [2.45, 2.75) is 20.8 Å². The number of carbonyl (C=O) groups is 1. The molecular weight excluding hydrogens is 535 g/mol. The van der Waals surface area contributed by atoms with Gasteiger partial charge in [-0.1, -0.05) is 0 Å². The molecule has 3 heterocycles. The number of aryl methyl sites for hydroxylation is 1. The molecule has 1 aromatic carbocycles. The maximum Gasteiger partial charge on any atom is 0.261 e. The van der Waals surface area contributed by atoms with Gasteiger partial charge in [-0.15, -0.1) is 11.3 Å². The van der Waals surface area contributed by atoms with Crippen LogP contribution in [-0.4, -0.2) is 41.9 Å². The molecule has 1 amide bonds. The SMILES string of the molecule is C=N/C(C)=C(C(=O)Nc1ccc(Oc2ccnc3cc(OC)c(OC)nc23)c(F)c1)\C(O)=C(/C)c1sccc1C. The quantitative estimate of drug-likeness (QED) is 0.0992. The number of rotatable bonds is 9. The van der Waals surface area contributed by atoms with Gasteiger partial charge in [0, 0.05) is 40.5 Å². The summed E-state index contributed by atoms with van der Waals surface area (Å²) >= 11 is 1.44. The molecule has 0 fully saturated rings. The molecule has 0 unspecified atom stereocenters. The Morgan fingerprint density at radius 1 is 1.10 bits per heavy atom. The molecule has 0 saturated carbocycles. The second-order valence-corrected chi connectivity index (χ2v) is 9.52. The van der Waals surface area contributed by atoms with Crippen molar-refractivity contribution in [3.05, 3.63) is 81.3 Å². The van der Waals surface area contributed by atoms with Crippen molar-refractivity contribution in [2.24, 2.45) is 4.99 Å². The first-order chi connectivity index (χ1) is 19.2. The number of carbonyl (C=O) groups excluding carboxylic acids is 1. The monoisotopic (exact) mass is 562 g/mol. The Labute approximate surface area is 234 Å². The second-order valence-electron chi connectivity index (χ2n) is 8.60. The summed E-state index contributed by atoms with van der Waals surface area (Å²) in [6.07, 6.45) is 1.50. The smallest absolute Gasteiger partial charge is 0.261 e. The summed E-state index contributed by atoms with van der Waals surface area (Å²) in [4.78, 5) is 26.5. The number of anilines is 1. The third-order valence-corrected chi connectivity index (χ3v) is 7.19. The fourth-order valence-corrected chi connectivity index (χ4v) is 4.87. The van der Waals surface area contributed by atoms with Crippen LogP contribution in [0.25, 0.3) is 16.6 Å². The Kier molecular flexibility index (Phi) is 8.44. The third-order valence-electron chi connectivity index (χ3n) is 6.05. The number of nitrogens with one attached hydrogen (secondary N) is 1. The number of aliphatic imine (C=N–C) groups is 1. The van der Waals surface area contributed by atoms with Crippen LogP contribution < -0.4 is 19.5 Å². The van der Waals surface area contributed by atoms with Gasteiger partial charge in [0.25, 0.3) is 11.8 Å². The Bertz CT molecular complexity index is 1680. The molecule has 0 aliphatic heterocycles. The van der Waals surface area contributed by atoms with Crippen molar-refractivity contribution >= 4 is 46.3 Å². The molecule has 0 atom stereocenters. The van der Waals surface area contributed by atoms with E-state index < -0.39 is 11.7 Å². The zero-order valence-corrected chi connectivity index (χ0v) is 23.4. The van der Waals surface area contributed by atoms with Crippen LogP contribution in [0.2, 0.25) is 0 Å². The Morgan fingerprint density at radius 2 is 1.88 bits per heavy atom. The molecule has 0 aliphatic rings. The molecular formula is C29H27FN4O5S. The van der Waals surface area contributed by atoms with Gasteiger partial charge in [0.05, 0.1) is 25.4 Å². The summed E-state index contributed by atoms with van der Waals surface area (Å²) in [5, 5.41) is 15.5. The number of allylic oxidation sites excluding steroid dienone is 2. The van der Waals surface area contributed by atoms with E-state index in [1.54, 1.807) is 26.0 Å². The highest BCUT2D eigenvalue weighted by Crippen LogP contribution is 2.35. The summed E-state index contributed by atoms with van der Waals surface area (Å²) in [7, 11) is 2.94. The number of aromatic nitrogens is 2. The van der Waals surface area contributed by atoms with Crippen molar-refractivity contribution in [1.82, 2.24) is 9.97 Å². The lowest BCUT2D eigenvalue weighted by Crippen LogP contribution is -2.18. The number of aliphatic hydroxyl groups excluding tert-OH is 1. The van der Waals surface area contributed by atoms with Gasteiger partial charge < -0.3 is 24.6 Å². The largest absolute Gasteiger partial charge is 0.507 e. The minimum absolute atomic E-state index is 0.0697. The number of aliphatic hydroxyl groups is 1. The maximum atomic E-state index is 15.1. The van der Waals surface area contributed by atoms with Gasteiger partial charge in [0.15, 0.2) is 23.1 Å². The summed E-state index contributed by atoms with van der Waals surface area (Å²) in [5.41, 5.74) is 2.58. The zero-order chi connectivity index (χ0) is 29.0. The first-order valence-electron chi connectivity index (χ1n) is 12.0. The van der Waals surface area contributed by atoms with E-state index in [0.717, 1.165) is 16.5 Å². The molecule has 4 aromatic rings. The zero-order valence-electron chi connectivity index (χ0n) is 22.5. The molecule has 0 spiro atoms. The lowest BCUT2D eigenvalue weighted by molar-refractivity contribution is -0.112. The van der Waals surface area contributed by atoms with Crippen LogP contribution in [0.15, 0.2) is 70.0 Å². The average molecular weight is 563 g/mol. The number of pyridine rings is 2. The summed E-state index contributed by atoms with van der Waals surface area (Å²) in [5.74, 6) is -0.893. The molecule has 2 N–H and O–H groups in total. The number of hydrogen-bond donors (Lipinski definition) is 2. The number of benzene rings is 1. The number of fused-ring (bicyclic) bond motifs is 1. The number of amides is 1. The molecule has 3 aromatic heterocycles. The number of nitrogens with zero attached hydrogens (tertiary/aromatic N) is 3. The average Bonchev–Trinajstić information content (AvgIpc) is 3.38. The van der Waals surface area contributed by atoms with Crippen molar-refractivity contribution in [1.29, 1.82) is 0 Å². The van der Waals surface area contributed by atoms with E-state index in [1.807, 2.05) is 18.4 Å². The van der Waals surface area contributed by atoms with E-state index in [-0.39, 0.29) is 40.1 Å². The molecule has 0 bridgehead atoms. The van der Waals surface area contributed by atoms with Gasteiger partial charge in [-0.05, 0) is 56.6 Å². The molecule has 40 heavy (non-hydrogen) atoms. The number of hydrogen-bond acceptors (Lipinski definition) is 9. The van der Waals surface area contributed by atoms with Crippen LogP contribution in [0, 0.1) is 12.7 Å². The fourth-order valence-electron chi connectivity index (χ4n) is 3.93. The van der Waals surface area contributed by atoms with Gasteiger partial charge in [0.1, 0.15) is 16.8 Å². The van der Waals surface area contributed by atoms with Gasteiger partial charge >= 0.3 is 0 Å². The molecule has 0 radical (unpaired) electrons. The highest BCUT2D eigenvalue weighted by Gasteiger charge is 2.22. The van der Waals surface area contributed by atoms with Gasteiger partial charge in [0.2, 0.25) is 0 Å². The minimum atomic E-state index is -0.738. The van der Waals surface area contributed by atoms with Crippen LogP contribution in [-0.2, 0) is 4.79 Å². The lowest BCUT2D eigenvalue weighted by atomic mass is 10.0. The first kappa shape index (κ1) is 28.2. The maximum absolute atomic E-state index is 15.1. The standard InChI is InChI=1S/C29H27FN4O5S/c1-15-10-12-40-27(15)16(2)26(35)24(17(3)31-4)28(36)33-18-7-8-21(19(30)13-18)39-22-9-11-32-20-14-23(37-5)29(38-6)34-25(20)22/h7-14,35H,4H2,1-3,5-6H3,(H,33,36)/b24-17+,26-16-. The van der Waals surface area contributed by atoms with E-state index in [1.165, 1.54) is 43.9 Å². The van der Waals surface area contributed by atoms with Crippen LogP contribution in [0.3, 0.4) is 0 Å². The lowest BCUT2D eigenvalue weighted by Gasteiger charge is -2.14. The Morgan fingerprint density at radius 3 is 2.50 bits per heavy atom. The van der Waals surface area contributed by atoms with Crippen LogP contribution in [0.1, 0.15) is 24.3 Å². The van der Waals surface area contributed by atoms with E-state index in [9.17, 15) is 9.90 Å². The highest BCUT2D eigenvalue weighted by atomic mass is 32.1. The van der Waals surface area contributed by atoms with Gasteiger partial charge in [-0.3, -0.25) is 14.8 Å². The number of thiophene rings is 1.